The van der Waals surface area contributed by atoms with Gasteiger partial charge in [-0.3, -0.25) is 0 Å². The molecule has 0 aromatic carbocycles. The Kier molecular flexibility index (Phi) is 12.3. The van der Waals surface area contributed by atoms with Gasteiger partial charge >= 0.3 is 189 Å². The molecule has 0 heterocycles. The van der Waals surface area contributed by atoms with Crippen LogP contribution >= 0.6 is 0 Å². The van der Waals surface area contributed by atoms with Crippen LogP contribution in [0.1, 0.15) is 81.6 Å². The summed E-state index contributed by atoms with van der Waals surface area (Å²) in [6.07, 6.45) is 5.00. The van der Waals surface area contributed by atoms with Gasteiger partial charge in [0.05, 0.1) is 0 Å². The summed E-state index contributed by atoms with van der Waals surface area (Å²) in [6, 6.07) is 0. The molecule has 4 atom stereocenters. The maximum absolute atomic E-state index is 12.9. The van der Waals surface area contributed by atoms with Crippen molar-refractivity contribution in [1.29, 1.82) is 0 Å². The van der Waals surface area contributed by atoms with Gasteiger partial charge in [-0.1, -0.05) is 0 Å². The Morgan fingerprint density at radius 1 is 1.10 bits per heavy atom. The summed E-state index contributed by atoms with van der Waals surface area (Å²) in [5.74, 6) is 0.200. The number of ether oxygens (including phenoxy) is 1. The standard InChI is InChI=1S/C23H45B2O4Si/c1-12-13-14-19(26)21(27-22(4,5)6)20(28-25-24)16-15-17(2)18(3)29-30(10,11)23(7,8)9/h15-18,20-21H,12-14H2,1-11H3/b16-15-. The van der Waals surface area contributed by atoms with Crippen LogP contribution in [0.5, 0.6) is 0 Å². The minimum absolute atomic E-state index is 0.0431. The molecule has 0 aliphatic carbocycles. The summed E-state index contributed by atoms with van der Waals surface area (Å²) in [4.78, 5) is 12.9. The van der Waals surface area contributed by atoms with Gasteiger partial charge in [0.2, 0.25) is 0 Å². The van der Waals surface area contributed by atoms with Gasteiger partial charge in [0.1, 0.15) is 0 Å². The van der Waals surface area contributed by atoms with Crippen LogP contribution in [0.15, 0.2) is 12.2 Å². The molecular formula is C23H45B2O4Si. The normalized spacial score (nSPS) is 17.3. The molecule has 0 saturated carbocycles. The summed E-state index contributed by atoms with van der Waals surface area (Å²) >= 11 is 0. The average Bonchev–Trinajstić information content (AvgIpc) is 2.58. The van der Waals surface area contributed by atoms with E-state index in [2.05, 4.69) is 60.7 Å². The number of hydrogen-bond acceptors (Lipinski definition) is 4. The Morgan fingerprint density at radius 2 is 1.67 bits per heavy atom. The number of unbranched alkanes of at least 4 members (excludes halogenated alkanes) is 1. The van der Waals surface area contributed by atoms with Gasteiger partial charge in [-0.05, 0) is 0 Å². The molecule has 0 aliphatic heterocycles. The van der Waals surface area contributed by atoms with Crippen molar-refractivity contribution in [2.45, 2.75) is 124 Å². The first kappa shape index (κ1) is 29.5. The number of carbonyl (C=O) groups is 1. The maximum atomic E-state index is 12.9. The van der Waals surface area contributed by atoms with Crippen LogP contribution in [0.25, 0.3) is 0 Å². The second kappa shape index (κ2) is 12.5. The summed E-state index contributed by atoms with van der Waals surface area (Å²) in [7, 11) is 4.84. The van der Waals surface area contributed by atoms with E-state index in [1.165, 1.54) is 0 Å². The monoisotopic (exact) mass is 435 g/mol. The number of ketones is 1. The first-order chi connectivity index (χ1) is 13.6. The fourth-order valence-electron chi connectivity index (χ4n) is 2.69. The van der Waals surface area contributed by atoms with Crippen molar-refractivity contribution in [2.24, 2.45) is 5.92 Å². The fraction of sp³-hybridized carbons (Fsp3) is 0.870. The zero-order chi connectivity index (χ0) is 23.8. The summed E-state index contributed by atoms with van der Waals surface area (Å²) in [5.41, 5.74) is -0.471. The van der Waals surface area contributed by atoms with Crippen molar-refractivity contribution >= 4 is 28.5 Å². The molecular weight excluding hydrogens is 390 g/mol. The number of carbonyl (C=O) groups excluding carboxylic acids is 1. The summed E-state index contributed by atoms with van der Waals surface area (Å²) < 4.78 is 18.2. The SMILES string of the molecule is [B]=BOC(/C=C\C(C)C(C)O[Si](C)(C)C(C)(C)C)C(OC(C)(C)C)C(=O)CCCC. The topological polar surface area (TPSA) is 44.8 Å². The third-order valence-corrected chi connectivity index (χ3v) is 10.3. The predicted molar refractivity (Wildman–Crippen MR) is 132 cm³/mol. The van der Waals surface area contributed by atoms with Gasteiger partial charge in [-0.2, -0.15) is 0 Å². The molecule has 4 nitrogen and oxygen atoms in total. The van der Waals surface area contributed by atoms with Crippen molar-refractivity contribution in [1.82, 2.24) is 0 Å². The molecule has 0 saturated heterocycles. The Balaban J connectivity index is 5.50. The molecule has 0 rings (SSSR count). The van der Waals surface area contributed by atoms with Crippen molar-refractivity contribution < 1.29 is 18.6 Å². The molecule has 4 unspecified atom stereocenters. The Hall–Kier alpha value is -0.523. The van der Waals surface area contributed by atoms with E-state index in [1.54, 1.807) is 0 Å². The van der Waals surface area contributed by atoms with E-state index in [0.29, 0.717) is 6.42 Å². The zero-order valence-corrected chi connectivity index (χ0v) is 22.4. The Labute approximate surface area is 189 Å². The average molecular weight is 435 g/mol. The summed E-state index contributed by atoms with van der Waals surface area (Å²) in [5, 5.41) is 0.155. The first-order valence-corrected chi connectivity index (χ1v) is 14.2. The van der Waals surface area contributed by atoms with Gasteiger partial charge in [0.25, 0.3) is 0 Å². The van der Waals surface area contributed by atoms with E-state index >= 15 is 0 Å². The molecule has 1 radical (unpaired) electrons. The third-order valence-electron chi connectivity index (χ3n) is 5.74. The van der Waals surface area contributed by atoms with Gasteiger partial charge < -0.3 is 0 Å². The molecule has 171 valence electrons. The van der Waals surface area contributed by atoms with Crippen LogP contribution in [-0.2, 0) is 18.6 Å². The van der Waals surface area contributed by atoms with Crippen LogP contribution in [0.4, 0.5) is 0 Å². The van der Waals surface area contributed by atoms with Crippen LogP contribution in [0.2, 0.25) is 18.1 Å². The van der Waals surface area contributed by atoms with E-state index in [4.69, 9.17) is 21.2 Å². The molecule has 0 amide bonds. The quantitative estimate of drug-likeness (QED) is 0.278. The molecule has 0 bridgehead atoms. The van der Waals surface area contributed by atoms with Crippen LogP contribution in [-0.4, -0.2) is 52.4 Å². The van der Waals surface area contributed by atoms with Gasteiger partial charge in [-0.25, -0.2) is 0 Å². The Morgan fingerprint density at radius 3 is 2.10 bits per heavy atom. The van der Waals surface area contributed by atoms with Crippen molar-refractivity contribution in [2.75, 3.05) is 0 Å². The van der Waals surface area contributed by atoms with Gasteiger partial charge in [0, 0.05) is 0 Å². The van der Waals surface area contributed by atoms with E-state index in [1.807, 2.05) is 26.8 Å². The second-order valence-corrected chi connectivity index (χ2v) is 15.5. The molecule has 0 spiro atoms. The number of hydrogen-bond donors (Lipinski definition) is 0. The minimum atomic E-state index is -1.86. The molecule has 0 aliphatic rings. The van der Waals surface area contributed by atoms with Gasteiger partial charge in [-0.15, -0.1) is 0 Å². The van der Waals surface area contributed by atoms with Crippen LogP contribution in [0.3, 0.4) is 0 Å². The van der Waals surface area contributed by atoms with Crippen molar-refractivity contribution in [3.8, 4) is 0 Å². The van der Waals surface area contributed by atoms with E-state index < -0.39 is 26.1 Å². The van der Waals surface area contributed by atoms with Gasteiger partial charge in [0.15, 0.2) is 0 Å². The zero-order valence-electron chi connectivity index (χ0n) is 21.4. The molecule has 0 N–H and O–H groups in total. The first-order valence-electron chi connectivity index (χ1n) is 11.3. The number of rotatable bonds is 13. The summed E-state index contributed by atoms with van der Waals surface area (Å²) in [6.45, 7) is 23.4. The molecule has 7 heteroatoms. The van der Waals surface area contributed by atoms with Crippen molar-refractivity contribution in [3.05, 3.63) is 12.2 Å². The van der Waals surface area contributed by atoms with E-state index in [-0.39, 0.29) is 22.8 Å². The molecule has 0 aromatic heterocycles. The van der Waals surface area contributed by atoms with Crippen LogP contribution in [0, 0.1) is 5.92 Å². The van der Waals surface area contributed by atoms with E-state index in [0.717, 1.165) is 19.8 Å². The molecule has 0 aromatic rings. The fourth-order valence-corrected chi connectivity index (χ4v) is 4.19. The van der Waals surface area contributed by atoms with E-state index in [9.17, 15) is 4.79 Å². The second-order valence-electron chi connectivity index (χ2n) is 10.8. The van der Waals surface area contributed by atoms with Crippen molar-refractivity contribution in [3.63, 3.8) is 0 Å². The molecule has 30 heavy (non-hydrogen) atoms. The predicted octanol–water partition coefficient (Wildman–Crippen LogP) is 5.62. The van der Waals surface area contributed by atoms with Crippen LogP contribution < -0.4 is 0 Å². The Bertz CT molecular complexity index is 565. The third kappa shape index (κ3) is 10.7. The number of Topliss-reactive ketones (excluding diaryl/α,β-unsaturated/α-hetero) is 1. The molecule has 0 fully saturated rings.